The highest BCUT2D eigenvalue weighted by Crippen LogP contribution is 2.30. The Morgan fingerprint density at radius 2 is 1.87 bits per heavy atom. The standard InChI is InChI=1S/C8H17N3O2S2/c1-11(2)15(12,13)10-8(7(9)14)5-3-4-6-8/h10H,3-6H2,1-2H3,(H2,9,14). The van der Waals surface area contributed by atoms with Crippen LogP contribution in [0.2, 0.25) is 0 Å². The molecule has 0 amide bonds. The average molecular weight is 251 g/mol. The fourth-order valence-electron chi connectivity index (χ4n) is 1.72. The van der Waals surface area contributed by atoms with Crippen molar-refractivity contribution in [2.45, 2.75) is 31.2 Å². The van der Waals surface area contributed by atoms with Crippen LogP contribution in [0.15, 0.2) is 0 Å². The summed E-state index contributed by atoms with van der Waals surface area (Å²) in [7, 11) is -0.516. The molecule has 5 nitrogen and oxygen atoms in total. The molecule has 7 heteroatoms. The van der Waals surface area contributed by atoms with Gasteiger partial charge in [-0.05, 0) is 12.8 Å². The van der Waals surface area contributed by atoms with Crippen molar-refractivity contribution in [2.24, 2.45) is 5.73 Å². The van der Waals surface area contributed by atoms with E-state index in [4.69, 9.17) is 18.0 Å². The van der Waals surface area contributed by atoms with Crippen LogP contribution in [0.3, 0.4) is 0 Å². The predicted molar refractivity (Wildman–Crippen MR) is 63.7 cm³/mol. The molecule has 0 atom stereocenters. The maximum Gasteiger partial charge on any atom is 0.279 e. The molecule has 0 saturated heterocycles. The maximum atomic E-state index is 11.7. The molecule has 3 N–H and O–H groups in total. The summed E-state index contributed by atoms with van der Waals surface area (Å²) in [4.78, 5) is 0.241. The van der Waals surface area contributed by atoms with Crippen LogP contribution in [0.5, 0.6) is 0 Å². The topological polar surface area (TPSA) is 75.4 Å². The molecule has 1 saturated carbocycles. The molecular formula is C8H17N3O2S2. The van der Waals surface area contributed by atoms with E-state index in [-0.39, 0.29) is 4.99 Å². The van der Waals surface area contributed by atoms with Gasteiger partial charge < -0.3 is 5.73 Å². The molecule has 15 heavy (non-hydrogen) atoms. The summed E-state index contributed by atoms with van der Waals surface area (Å²) in [5.41, 5.74) is 4.92. The summed E-state index contributed by atoms with van der Waals surface area (Å²) in [5, 5.41) is 0. The first-order valence-electron chi connectivity index (χ1n) is 4.81. The minimum atomic E-state index is -3.47. The van der Waals surface area contributed by atoms with Crippen molar-refractivity contribution in [1.29, 1.82) is 0 Å². The van der Waals surface area contributed by atoms with E-state index in [2.05, 4.69) is 4.72 Å². The Balaban J connectivity index is 2.90. The Morgan fingerprint density at radius 1 is 1.40 bits per heavy atom. The van der Waals surface area contributed by atoms with Gasteiger partial charge in [-0.15, -0.1) is 0 Å². The van der Waals surface area contributed by atoms with Crippen molar-refractivity contribution >= 4 is 27.4 Å². The van der Waals surface area contributed by atoms with Gasteiger partial charge in [-0.3, -0.25) is 0 Å². The van der Waals surface area contributed by atoms with Gasteiger partial charge in [-0.1, -0.05) is 25.1 Å². The fraction of sp³-hybridized carbons (Fsp3) is 0.875. The first-order chi connectivity index (χ1) is 6.80. The summed E-state index contributed by atoms with van der Waals surface area (Å²) < 4.78 is 27.1. The van der Waals surface area contributed by atoms with Crippen LogP contribution in [0.1, 0.15) is 25.7 Å². The SMILES string of the molecule is CN(C)S(=O)(=O)NC1(C(N)=S)CCCC1. The summed E-state index contributed by atoms with van der Waals surface area (Å²) in [6.45, 7) is 0. The van der Waals surface area contributed by atoms with E-state index >= 15 is 0 Å². The molecule has 0 aromatic carbocycles. The highest BCUT2D eigenvalue weighted by Gasteiger charge is 2.40. The van der Waals surface area contributed by atoms with E-state index < -0.39 is 15.7 Å². The lowest BCUT2D eigenvalue weighted by molar-refractivity contribution is 0.459. The number of nitrogens with two attached hydrogens (primary N) is 1. The molecule has 0 aliphatic heterocycles. The normalized spacial score (nSPS) is 20.7. The van der Waals surface area contributed by atoms with Crippen LogP contribution in [0, 0.1) is 0 Å². The molecule has 1 fully saturated rings. The molecule has 0 radical (unpaired) electrons. The van der Waals surface area contributed by atoms with Crippen LogP contribution in [-0.2, 0) is 10.2 Å². The molecule has 0 unspecified atom stereocenters. The predicted octanol–water partition coefficient (Wildman–Crippen LogP) is -0.0187. The first-order valence-corrected chi connectivity index (χ1v) is 6.66. The molecule has 0 aromatic rings. The zero-order chi connectivity index (χ0) is 11.7. The highest BCUT2D eigenvalue weighted by atomic mass is 32.2. The third-order valence-corrected chi connectivity index (χ3v) is 4.73. The van der Waals surface area contributed by atoms with Gasteiger partial charge >= 0.3 is 0 Å². The molecule has 1 rings (SSSR count). The number of thiocarbonyl (C=S) groups is 1. The molecule has 1 aliphatic rings. The second kappa shape index (κ2) is 4.32. The van der Waals surface area contributed by atoms with E-state index in [0.29, 0.717) is 12.8 Å². The maximum absolute atomic E-state index is 11.7. The van der Waals surface area contributed by atoms with Crippen LogP contribution in [-0.4, -0.2) is 37.3 Å². The van der Waals surface area contributed by atoms with Gasteiger partial charge in [-0.25, -0.2) is 0 Å². The Labute approximate surface area is 96.2 Å². The first kappa shape index (κ1) is 12.8. The molecular weight excluding hydrogens is 234 g/mol. The third kappa shape index (κ3) is 2.66. The van der Waals surface area contributed by atoms with Gasteiger partial charge in [0.2, 0.25) is 0 Å². The van der Waals surface area contributed by atoms with Gasteiger partial charge in [0.25, 0.3) is 10.2 Å². The summed E-state index contributed by atoms with van der Waals surface area (Å²) in [6.07, 6.45) is 3.28. The summed E-state index contributed by atoms with van der Waals surface area (Å²) in [6, 6.07) is 0. The third-order valence-electron chi connectivity index (χ3n) is 2.73. The van der Waals surface area contributed by atoms with Gasteiger partial charge in [0.15, 0.2) is 0 Å². The molecule has 0 spiro atoms. The van der Waals surface area contributed by atoms with E-state index in [9.17, 15) is 8.42 Å². The fourth-order valence-corrected chi connectivity index (χ4v) is 3.03. The number of rotatable bonds is 4. The molecule has 88 valence electrons. The second-order valence-corrected chi connectivity index (χ2v) is 6.37. The lowest BCUT2D eigenvalue weighted by Gasteiger charge is -2.30. The Morgan fingerprint density at radius 3 is 2.20 bits per heavy atom. The monoisotopic (exact) mass is 251 g/mol. The van der Waals surface area contributed by atoms with Crippen molar-refractivity contribution in [3.05, 3.63) is 0 Å². The van der Waals surface area contributed by atoms with Crippen LogP contribution in [0.25, 0.3) is 0 Å². The summed E-state index contributed by atoms with van der Waals surface area (Å²) >= 11 is 4.95. The van der Waals surface area contributed by atoms with E-state index in [1.54, 1.807) is 0 Å². The lowest BCUT2D eigenvalue weighted by Crippen LogP contribution is -2.57. The highest BCUT2D eigenvalue weighted by molar-refractivity contribution is 7.87. The van der Waals surface area contributed by atoms with Crippen LogP contribution < -0.4 is 10.5 Å². The van der Waals surface area contributed by atoms with Crippen molar-refractivity contribution in [3.8, 4) is 0 Å². The van der Waals surface area contributed by atoms with E-state index in [0.717, 1.165) is 17.1 Å². The van der Waals surface area contributed by atoms with Crippen molar-refractivity contribution in [3.63, 3.8) is 0 Å². The molecule has 0 aromatic heterocycles. The smallest absolute Gasteiger partial charge is 0.279 e. The largest absolute Gasteiger partial charge is 0.392 e. The Hall–Kier alpha value is -0.240. The Kier molecular flexibility index (Phi) is 3.70. The van der Waals surface area contributed by atoms with Gasteiger partial charge in [0.05, 0.1) is 10.5 Å². The van der Waals surface area contributed by atoms with Crippen molar-refractivity contribution in [1.82, 2.24) is 9.03 Å². The Bertz CT molecular complexity index is 345. The van der Waals surface area contributed by atoms with Crippen LogP contribution in [0.4, 0.5) is 0 Å². The molecule has 1 aliphatic carbocycles. The van der Waals surface area contributed by atoms with Gasteiger partial charge in [0, 0.05) is 14.1 Å². The number of hydrogen-bond acceptors (Lipinski definition) is 3. The number of nitrogens with one attached hydrogen (secondary N) is 1. The average Bonchev–Trinajstić information content (AvgIpc) is 2.53. The second-order valence-electron chi connectivity index (χ2n) is 4.04. The number of hydrogen-bond donors (Lipinski definition) is 2. The van der Waals surface area contributed by atoms with E-state index in [1.165, 1.54) is 14.1 Å². The van der Waals surface area contributed by atoms with Gasteiger partial charge in [-0.2, -0.15) is 17.4 Å². The quantitative estimate of drug-likeness (QED) is 0.689. The van der Waals surface area contributed by atoms with E-state index in [1.807, 2.05) is 0 Å². The molecule has 0 heterocycles. The van der Waals surface area contributed by atoms with Crippen molar-refractivity contribution < 1.29 is 8.42 Å². The van der Waals surface area contributed by atoms with Crippen LogP contribution >= 0.6 is 12.2 Å². The number of nitrogens with zero attached hydrogens (tertiary/aromatic N) is 1. The minimum absolute atomic E-state index is 0.241. The minimum Gasteiger partial charge on any atom is -0.392 e. The lowest BCUT2D eigenvalue weighted by atomic mass is 10.00. The zero-order valence-electron chi connectivity index (χ0n) is 8.99. The summed E-state index contributed by atoms with van der Waals surface area (Å²) in [5.74, 6) is 0. The van der Waals surface area contributed by atoms with Gasteiger partial charge in [0.1, 0.15) is 0 Å². The molecule has 0 bridgehead atoms. The zero-order valence-corrected chi connectivity index (χ0v) is 10.6. The van der Waals surface area contributed by atoms with Crippen molar-refractivity contribution in [2.75, 3.05) is 14.1 Å².